The Kier molecular flexibility index (Phi) is 6.88. The number of fused-ring (bicyclic) bond motifs is 1. The summed E-state index contributed by atoms with van der Waals surface area (Å²) in [5.74, 6) is -1.26. The fraction of sp³-hybridized carbons (Fsp3) is 0.107. The number of carbonyl (C=O) groups is 2. The first-order chi connectivity index (χ1) is 18.3. The van der Waals surface area contributed by atoms with Gasteiger partial charge in [0, 0.05) is 35.7 Å². The number of halogens is 1. The summed E-state index contributed by atoms with van der Waals surface area (Å²) in [6.45, 7) is -0.0728. The van der Waals surface area contributed by atoms with Crippen LogP contribution in [-0.2, 0) is 19.6 Å². The van der Waals surface area contributed by atoms with Gasteiger partial charge >= 0.3 is 5.97 Å². The van der Waals surface area contributed by atoms with Crippen molar-refractivity contribution < 1.29 is 22.7 Å². The van der Waals surface area contributed by atoms with E-state index in [2.05, 4.69) is 4.98 Å². The van der Waals surface area contributed by atoms with Crippen LogP contribution in [0.5, 0.6) is 0 Å². The van der Waals surface area contributed by atoms with E-state index in [1.165, 1.54) is 18.1 Å². The first-order valence-electron chi connectivity index (χ1n) is 11.6. The van der Waals surface area contributed by atoms with E-state index >= 15 is 0 Å². The third kappa shape index (κ3) is 4.85. The van der Waals surface area contributed by atoms with E-state index in [0.29, 0.717) is 16.0 Å². The zero-order valence-electron chi connectivity index (χ0n) is 20.2. The van der Waals surface area contributed by atoms with Crippen LogP contribution in [-0.4, -0.2) is 54.7 Å². The van der Waals surface area contributed by atoms with Crippen molar-refractivity contribution in [2.24, 2.45) is 0 Å². The maximum Gasteiger partial charge on any atom is 0.356 e. The van der Waals surface area contributed by atoms with E-state index in [4.69, 9.17) is 16.3 Å². The minimum absolute atomic E-state index is 0.0334. The molecule has 0 atom stereocenters. The van der Waals surface area contributed by atoms with Gasteiger partial charge in [-0.3, -0.25) is 19.0 Å². The Bertz CT molecular complexity index is 1670. The lowest BCUT2D eigenvalue weighted by Gasteiger charge is -2.33. The molecule has 3 aromatic carbocycles. The Labute approximate surface area is 224 Å². The Hall–Kier alpha value is -4.21. The lowest BCUT2D eigenvalue weighted by molar-refractivity contribution is -0.137. The van der Waals surface area contributed by atoms with Gasteiger partial charge in [-0.05, 0) is 70.4 Å². The largest absolute Gasteiger partial charge is 0.464 e. The number of aromatic nitrogens is 1. The van der Waals surface area contributed by atoms with E-state index in [1.807, 2.05) is 12.1 Å². The number of nitrogens with zero attached hydrogens (tertiary/aromatic N) is 3. The van der Waals surface area contributed by atoms with E-state index in [1.54, 1.807) is 67.0 Å². The van der Waals surface area contributed by atoms with Crippen molar-refractivity contribution in [1.82, 2.24) is 14.2 Å². The molecule has 8 nitrogen and oxygen atoms in total. The topological polar surface area (TPSA) is 96.9 Å². The van der Waals surface area contributed by atoms with Gasteiger partial charge in [0.05, 0.1) is 18.6 Å². The van der Waals surface area contributed by atoms with Crippen molar-refractivity contribution >= 4 is 44.3 Å². The molecule has 4 aromatic rings. The van der Waals surface area contributed by atoms with Crippen LogP contribution in [0.1, 0.15) is 10.4 Å². The first-order valence-corrected chi connectivity index (χ1v) is 13.4. The molecule has 0 N–H and O–H groups in total. The lowest BCUT2D eigenvalue weighted by atomic mass is 10.0. The number of carbonyl (C=O) groups excluding carboxylic acids is 2. The molecule has 0 saturated heterocycles. The van der Waals surface area contributed by atoms with Crippen LogP contribution in [0.2, 0.25) is 5.02 Å². The van der Waals surface area contributed by atoms with Crippen molar-refractivity contribution in [3.05, 3.63) is 108 Å². The normalized spacial score (nSPS) is 13.8. The summed E-state index contributed by atoms with van der Waals surface area (Å²) >= 11 is 6.04. The predicted octanol–water partition coefficient (Wildman–Crippen LogP) is 4.72. The number of ether oxygens (including phenoxy) is 1. The second-order valence-corrected chi connectivity index (χ2v) is 10.9. The maximum absolute atomic E-state index is 13.5. The minimum Gasteiger partial charge on any atom is -0.464 e. The fourth-order valence-corrected chi connectivity index (χ4v) is 5.78. The monoisotopic (exact) mass is 547 g/mol. The maximum atomic E-state index is 13.5. The number of methoxy groups -OCH3 is 1. The molecule has 0 bridgehead atoms. The number of hydrogen-bond acceptors (Lipinski definition) is 6. The fourth-order valence-electron chi connectivity index (χ4n) is 4.25. The van der Waals surface area contributed by atoms with Gasteiger partial charge < -0.3 is 4.74 Å². The number of benzene rings is 3. The molecule has 0 spiro atoms. The van der Waals surface area contributed by atoms with Crippen LogP contribution in [0, 0.1) is 0 Å². The van der Waals surface area contributed by atoms with Crippen LogP contribution in [0.3, 0.4) is 0 Å². The highest BCUT2D eigenvalue weighted by Gasteiger charge is 2.34. The molecular weight excluding hydrogens is 526 g/mol. The average Bonchev–Trinajstić information content (AvgIpc) is 2.96. The second kappa shape index (κ2) is 10.3. The zero-order chi connectivity index (χ0) is 26.9. The molecule has 2 heterocycles. The summed E-state index contributed by atoms with van der Waals surface area (Å²) in [6, 6.07) is 20.5. The highest BCUT2D eigenvalue weighted by atomic mass is 35.5. The number of sulfonamides is 1. The number of rotatable bonds is 5. The van der Waals surface area contributed by atoms with Gasteiger partial charge in [0.1, 0.15) is 5.70 Å². The zero-order valence-corrected chi connectivity index (χ0v) is 21.8. The van der Waals surface area contributed by atoms with Gasteiger partial charge in [-0.15, -0.1) is 0 Å². The van der Waals surface area contributed by atoms with Crippen LogP contribution < -0.4 is 0 Å². The van der Waals surface area contributed by atoms with E-state index in [9.17, 15) is 18.0 Å². The minimum atomic E-state index is -4.02. The third-order valence-electron chi connectivity index (χ3n) is 6.27. The summed E-state index contributed by atoms with van der Waals surface area (Å²) in [5, 5.41) is 2.05. The number of esters is 1. The van der Waals surface area contributed by atoms with Crippen LogP contribution in [0.4, 0.5) is 0 Å². The molecule has 0 fully saturated rings. The highest BCUT2D eigenvalue weighted by molar-refractivity contribution is 7.89. The predicted molar refractivity (Wildman–Crippen MR) is 144 cm³/mol. The van der Waals surface area contributed by atoms with Crippen LogP contribution in [0.15, 0.2) is 102 Å². The summed E-state index contributed by atoms with van der Waals surface area (Å²) < 4.78 is 32.9. The highest BCUT2D eigenvalue weighted by Crippen LogP contribution is 2.28. The Morgan fingerprint density at radius 3 is 2.24 bits per heavy atom. The third-order valence-corrected chi connectivity index (χ3v) is 8.26. The van der Waals surface area contributed by atoms with Crippen molar-refractivity contribution in [3.63, 3.8) is 0 Å². The molecule has 1 aliphatic rings. The van der Waals surface area contributed by atoms with Crippen molar-refractivity contribution in [2.75, 3.05) is 20.2 Å². The van der Waals surface area contributed by atoms with Gasteiger partial charge in [-0.2, -0.15) is 0 Å². The summed E-state index contributed by atoms with van der Waals surface area (Å²) in [4.78, 5) is 31.3. The molecule has 1 amide bonds. The molecule has 192 valence electrons. The van der Waals surface area contributed by atoms with E-state index in [0.717, 1.165) is 27.0 Å². The average molecular weight is 548 g/mol. The van der Waals surface area contributed by atoms with Gasteiger partial charge in [0.15, 0.2) is 0 Å². The second-order valence-electron chi connectivity index (χ2n) is 8.54. The number of hydrogen-bond donors (Lipinski definition) is 0. The molecule has 0 aliphatic carbocycles. The molecule has 0 radical (unpaired) electrons. The molecule has 5 rings (SSSR count). The standard InChI is InChI=1S/C28H22ClN3O5S/c1-37-28(34)26-18-31(38(35,36)25-9-7-22-16-24(29)8-6-23(22)17-25)14-15-32(26)27(33)21-4-2-19(3-5-21)20-10-12-30-13-11-20/h2-13,16-18H,14-15H2,1H3. The molecule has 38 heavy (non-hydrogen) atoms. The van der Waals surface area contributed by atoms with Crippen LogP contribution >= 0.6 is 11.6 Å². The molecule has 10 heteroatoms. The lowest BCUT2D eigenvalue weighted by Crippen LogP contribution is -2.45. The van der Waals surface area contributed by atoms with Crippen molar-refractivity contribution in [2.45, 2.75) is 4.90 Å². The summed E-state index contributed by atoms with van der Waals surface area (Å²) in [7, 11) is -2.84. The molecule has 1 aliphatic heterocycles. The van der Waals surface area contributed by atoms with Crippen molar-refractivity contribution in [1.29, 1.82) is 0 Å². The van der Waals surface area contributed by atoms with Gasteiger partial charge in [0.25, 0.3) is 15.9 Å². The Balaban J connectivity index is 1.44. The van der Waals surface area contributed by atoms with Gasteiger partial charge in [-0.25, -0.2) is 13.2 Å². The smallest absolute Gasteiger partial charge is 0.356 e. The summed E-state index contributed by atoms with van der Waals surface area (Å²) in [5.41, 5.74) is 2.03. The molecule has 0 saturated carbocycles. The quantitative estimate of drug-likeness (QED) is 0.336. The Morgan fingerprint density at radius 2 is 1.53 bits per heavy atom. The van der Waals surface area contributed by atoms with E-state index in [-0.39, 0.29) is 23.7 Å². The molecule has 1 aromatic heterocycles. The SMILES string of the molecule is COC(=O)C1=CN(S(=O)(=O)c2ccc3cc(Cl)ccc3c2)CCN1C(=O)c1ccc(-c2ccncc2)cc1. The molecule has 0 unspecified atom stereocenters. The van der Waals surface area contributed by atoms with Crippen molar-refractivity contribution in [3.8, 4) is 11.1 Å². The van der Waals surface area contributed by atoms with Gasteiger partial charge in [0.2, 0.25) is 0 Å². The number of amides is 1. The van der Waals surface area contributed by atoms with E-state index < -0.39 is 21.9 Å². The molecular formula is C28H22ClN3O5S. The van der Waals surface area contributed by atoms with Crippen LogP contribution in [0.25, 0.3) is 21.9 Å². The summed E-state index contributed by atoms with van der Waals surface area (Å²) in [6.07, 6.45) is 4.52. The first kappa shape index (κ1) is 25.4. The Morgan fingerprint density at radius 1 is 0.868 bits per heavy atom. The number of pyridine rings is 1. The van der Waals surface area contributed by atoms with Gasteiger partial charge in [-0.1, -0.05) is 35.9 Å².